The minimum absolute atomic E-state index is 0. The maximum Gasteiger partial charge on any atom is 0.223 e. The Balaban J connectivity index is 0.00000338. The molecular formula is C19H30ClN3O3. The van der Waals surface area contributed by atoms with Gasteiger partial charge in [0, 0.05) is 44.6 Å². The normalized spacial score (nSPS) is 16.5. The predicted octanol–water partition coefficient (Wildman–Crippen LogP) is 2.29. The van der Waals surface area contributed by atoms with Crippen LogP contribution in [-0.4, -0.2) is 50.0 Å². The molecule has 0 spiro atoms. The van der Waals surface area contributed by atoms with E-state index in [2.05, 4.69) is 10.6 Å². The number of carbonyl (C=O) groups excluding carboxylic acids is 2. The van der Waals surface area contributed by atoms with Crippen LogP contribution < -0.4 is 15.4 Å². The number of benzene rings is 1. The summed E-state index contributed by atoms with van der Waals surface area (Å²) in [5.41, 5.74) is 1.02. The molecule has 1 heterocycles. The van der Waals surface area contributed by atoms with Gasteiger partial charge >= 0.3 is 0 Å². The van der Waals surface area contributed by atoms with Crippen LogP contribution in [0.2, 0.25) is 0 Å². The van der Waals surface area contributed by atoms with Gasteiger partial charge in [-0.3, -0.25) is 9.59 Å². The van der Waals surface area contributed by atoms with Crippen molar-refractivity contribution in [3.8, 4) is 5.75 Å². The van der Waals surface area contributed by atoms with Crippen LogP contribution in [0.1, 0.15) is 44.2 Å². The third-order valence-electron chi connectivity index (χ3n) is 4.43. The number of para-hydroxylation sites is 1. The number of halogens is 1. The summed E-state index contributed by atoms with van der Waals surface area (Å²) in [6.07, 6.45) is 2.30. The number of hydrogen-bond donors (Lipinski definition) is 2. The van der Waals surface area contributed by atoms with E-state index in [1.165, 1.54) is 0 Å². The molecule has 1 saturated heterocycles. The summed E-state index contributed by atoms with van der Waals surface area (Å²) in [4.78, 5) is 26.3. The van der Waals surface area contributed by atoms with Crippen molar-refractivity contribution in [1.82, 2.24) is 15.5 Å². The zero-order valence-corrected chi connectivity index (χ0v) is 16.4. The Morgan fingerprint density at radius 3 is 2.81 bits per heavy atom. The first-order valence-corrected chi connectivity index (χ1v) is 9.07. The molecule has 1 unspecified atom stereocenters. The van der Waals surface area contributed by atoms with E-state index in [9.17, 15) is 9.59 Å². The molecule has 6 nitrogen and oxygen atoms in total. The highest BCUT2D eigenvalue weighted by Crippen LogP contribution is 2.30. The predicted molar refractivity (Wildman–Crippen MR) is 105 cm³/mol. The summed E-state index contributed by atoms with van der Waals surface area (Å²) < 4.78 is 5.46. The highest BCUT2D eigenvalue weighted by molar-refractivity contribution is 5.85. The highest BCUT2D eigenvalue weighted by atomic mass is 35.5. The number of nitrogens with one attached hydrogen (secondary N) is 2. The van der Waals surface area contributed by atoms with Crippen LogP contribution in [0.5, 0.6) is 5.75 Å². The van der Waals surface area contributed by atoms with Gasteiger partial charge in [0.25, 0.3) is 0 Å². The van der Waals surface area contributed by atoms with Gasteiger partial charge in [-0.25, -0.2) is 0 Å². The zero-order valence-electron chi connectivity index (χ0n) is 15.6. The van der Waals surface area contributed by atoms with Gasteiger partial charge in [-0.1, -0.05) is 25.1 Å². The molecule has 1 aromatic rings. The molecule has 146 valence electrons. The van der Waals surface area contributed by atoms with Gasteiger partial charge < -0.3 is 20.3 Å². The molecule has 26 heavy (non-hydrogen) atoms. The van der Waals surface area contributed by atoms with Crippen molar-refractivity contribution in [2.45, 2.75) is 38.6 Å². The lowest BCUT2D eigenvalue weighted by Gasteiger charge is -2.37. The van der Waals surface area contributed by atoms with Gasteiger partial charge in [0.05, 0.1) is 13.2 Å². The Labute approximate surface area is 162 Å². The Morgan fingerprint density at radius 1 is 1.31 bits per heavy atom. The van der Waals surface area contributed by atoms with Crippen LogP contribution in [-0.2, 0) is 9.59 Å². The minimum atomic E-state index is -0.0358. The van der Waals surface area contributed by atoms with Crippen LogP contribution in [0.25, 0.3) is 0 Å². The average Bonchev–Trinajstić information content (AvgIpc) is 2.66. The van der Waals surface area contributed by atoms with Crippen molar-refractivity contribution in [3.05, 3.63) is 29.8 Å². The molecule has 2 rings (SSSR count). The summed E-state index contributed by atoms with van der Waals surface area (Å²) in [6.45, 7) is 4.88. The van der Waals surface area contributed by atoms with Gasteiger partial charge in [0.15, 0.2) is 0 Å². The van der Waals surface area contributed by atoms with Crippen LogP contribution in [0.4, 0.5) is 0 Å². The van der Waals surface area contributed by atoms with Crippen molar-refractivity contribution in [3.63, 3.8) is 0 Å². The van der Waals surface area contributed by atoms with E-state index in [0.29, 0.717) is 38.9 Å². The number of hydrogen-bond acceptors (Lipinski definition) is 4. The molecule has 0 saturated carbocycles. The van der Waals surface area contributed by atoms with Crippen LogP contribution in [0.3, 0.4) is 0 Å². The topological polar surface area (TPSA) is 70.7 Å². The first kappa shape index (κ1) is 22.3. The molecule has 0 aliphatic carbocycles. The summed E-state index contributed by atoms with van der Waals surface area (Å²) in [5.74, 6) is 0.921. The maximum absolute atomic E-state index is 12.7. The number of amides is 2. The van der Waals surface area contributed by atoms with Crippen molar-refractivity contribution in [1.29, 1.82) is 0 Å². The third-order valence-corrected chi connectivity index (χ3v) is 4.43. The largest absolute Gasteiger partial charge is 0.496 e. The van der Waals surface area contributed by atoms with Gasteiger partial charge in [0.2, 0.25) is 11.8 Å². The Kier molecular flexibility index (Phi) is 10.1. The van der Waals surface area contributed by atoms with Gasteiger partial charge in [-0.2, -0.15) is 0 Å². The number of piperazine rings is 1. The first-order valence-electron chi connectivity index (χ1n) is 9.07. The fourth-order valence-electron chi connectivity index (χ4n) is 3.12. The lowest BCUT2D eigenvalue weighted by molar-refractivity contribution is -0.134. The number of carbonyl (C=O) groups is 2. The lowest BCUT2D eigenvalue weighted by Crippen LogP contribution is -2.48. The van der Waals surface area contributed by atoms with Crippen LogP contribution in [0.15, 0.2) is 24.3 Å². The molecule has 1 atom stereocenters. The number of nitrogens with zero attached hydrogens (tertiary/aromatic N) is 1. The van der Waals surface area contributed by atoms with Gasteiger partial charge in [-0.05, 0) is 18.9 Å². The molecule has 1 fully saturated rings. The molecular weight excluding hydrogens is 354 g/mol. The fraction of sp³-hybridized carbons (Fsp3) is 0.579. The Morgan fingerprint density at radius 2 is 2.08 bits per heavy atom. The van der Waals surface area contributed by atoms with E-state index < -0.39 is 0 Å². The highest BCUT2D eigenvalue weighted by Gasteiger charge is 2.29. The molecule has 7 heteroatoms. The van der Waals surface area contributed by atoms with E-state index in [1.54, 1.807) is 7.11 Å². The van der Waals surface area contributed by atoms with Gasteiger partial charge in [-0.15, -0.1) is 12.4 Å². The van der Waals surface area contributed by atoms with E-state index in [4.69, 9.17) is 4.74 Å². The smallest absolute Gasteiger partial charge is 0.223 e. The Bertz CT molecular complexity index is 583. The SMILES string of the molecule is CCCNC(=O)CCCC(=O)N1CCNCC1c1ccccc1OC.Cl. The quantitative estimate of drug-likeness (QED) is 0.722. The van der Waals surface area contributed by atoms with E-state index in [-0.39, 0.29) is 30.3 Å². The third kappa shape index (κ3) is 6.18. The lowest BCUT2D eigenvalue weighted by atomic mass is 10.0. The monoisotopic (exact) mass is 383 g/mol. The van der Waals surface area contributed by atoms with E-state index in [0.717, 1.165) is 24.3 Å². The van der Waals surface area contributed by atoms with Crippen molar-refractivity contribution in [2.75, 3.05) is 33.3 Å². The molecule has 1 aromatic carbocycles. The molecule has 1 aliphatic heterocycles. The maximum atomic E-state index is 12.7. The molecule has 0 bridgehead atoms. The zero-order chi connectivity index (χ0) is 18.1. The Hall–Kier alpha value is -1.79. The summed E-state index contributed by atoms with van der Waals surface area (Å²) in [7, 11) is 1.65. The minimum Gasteiger partial charge on any atom is -0.496 e. The number of ether oxygens (including phenoxy) is 1. The molecule has 2 N–H and O–H groups in total. The van der Waals surface area contributed by atoms with E-state index >= 15 is 0 Å². The number of rotatable bonds is 8. The summed E-state index contributed by atoms with van der Waals surface area (Å²) in [5, 5.41) is 6.20. The van der Waals surface area contributed by atoms with Gasteiger partial charge in [0.1, 0.15) is 5.75 Å². The second-order valence-corrected chi connectivity index (χ2v) is 6.25. The van der Waals surface area contributed by atoms with Crippen molar-refractivity contribution >= 4 is 24.2 Å². The standard InChI is InChI=1S/C19H29N3O3.ClH/c1-3-11-21-18(23)9-6-10-19(24)22-13-12-20-14-16(22)15-7-4-5-8-17(15)25-2;/h4-5,7-8,16,20H,3,6,9-14H2,1-2H3,(H,21,23);1H. The second-order valence-electron chi connectivity index (χ2n) is 6.25. The summed E-state index contributed by atoms with van der Waals surface area (Å²) in [6, 6.07) is 7.79. The van der Waals surface area contributed by atoms with Crippen LogP contribution in [0, 0.1) is 0 Å². The number of methoxy groups -OCH3 is 1. The molecule has 0 aromatic heterocycles. The van der Waals surface area contributed by atoms with E-state index in [1.807, 2.05) is 36.1 Å². The molecule has 1 aliphatic rings. The fourth-order valence-corrected chi connectivity index (χ4v) is 3.12. The summed E-state index contributed by atoms with van der Waals surface area (Å²) >= 11 is 0. The molecule has 2 amide bonds. The van der Waals surface area contributed by atoms with Crippen molar-refractivity contribution in [2.24, 2.45) is 0 Å². The first-order chi connectivity index (χ1) is 12.2. The molecule has 0 radical (unpaired) electrons. The van der Waals surface area contributed by atoms with Crippen molar-refractivity contribution < 1.29 is 14.3 Å². The average molecular weight is 384 g/mol. The second kappa shape index (κ2) is 11.8. The van der Waals surface area contributed by atoms with Crippen LogP contribution >= 0.6 is 12.4 Å².